The van der Waals surface area contributed by atoms with Gasteiger partial charge in [-0.15, -0.1) is 0 Å². The van der Waals surface area contributed by atoms with E-state index >= 15 is 0 Å². The smallest absolute Gasteiger partial charge is 0.243 e. The maximum atomic E-state index is 12.5. The van der Waals surface area contributed by atoms with Crippen LogP contribution in [0.3, 0.4) is 0 Å². The number of rotatable bonds is 7. The predicted molar refractivity (Wildman–Crippen MR) is 108 cm³/mol. The molecular formula is C20H23N3O4S. The Balaban J connectivity index is 1.71. The first-order valence-electron chi connectivity index (χ1n) is 9.10. The molecule has 0 saturated carbocycles. The van der Waals surface area contributed by atoms with Crippen LogP contribution in [0.1, 0.15) is 25.1 Å². The average Bonchev–Trinajstić information content (AvgIpc) is 3.04. The Morgan fingerprint density at radius 3 is 2.43 bits per heavy atom. The summed E-state index contributed by atoms with van der Waals surface area (Å²) in [4.78, 5) is 12.6. The standard InChI is InChI=1S/C20H23N3O4S/c1-4-23(5-2)28(25,26)16-9-7-15(8-10-16)21-20(24)13-18-17-12-14(3)6-11-19(17)27-22-18/h6-12H,4-5,13H2,1-3H3,(H,21,24). The van der Waals surface area contributed by atoms with Crippen LogP contribution in [0.2, 0.25) is 0 Å². The molecule has 3 aromatic rings. The first-order chi connectivity index (χ1) is 13.3. The minimum absolute atomic E-state index is 0.0654. The highest BCUT2D eigenvalue weighted by atomic mass is 32.2. The zero-order valence-electron chi connectivity index (χ0n) is 16.1. The van der Waals surface area contributed by atoms with Crippen molar-refractivity contribution in [1.82, 2.24) is 9.46 Å². The largest absolute Gasteiger partial charge is 0.356 e. The van der Waals surface area contributed by atoms with Crippen molar-refractivity contribution in [3.63, 3.8) is 0 Å². The molecule has 2 aromatic carbocycles. The number of aryl methyl sites for hydroxylation is 1. The number of carbonyl (C=O) groups is 1. The minimum Gasteiger partial charge on any atom is -0.356 e. The van der Waals surface area contributed by atoms with Crippen molar-refractivity contribution in [2.45, 2.75) is 32.1 Å². The molecule has 1 amide bonds. The number of anilines is 1. The van der Waals surface area contributed by atoms with Gasteiger partial charge in [0.1, 0.15) is 5.69 Å². The topological polar surface area (TPSA) is 92.5 Å². The first kappa shape index (κ1) is 20.0. The summed E-state index contributed by atoms with van der Waals surface area (Å²) in [6.45, 7) is 6.37. The van der Waals surface area contributed by atoms with Crippen LogP contribution in [-0.2, 0) is 21.2 Å². The van der Waals surface area contributed by atoms with E-state index in [1.54, 1.807) is 26.0 Å². The number of nitrogens with zero attached hydrogens (tertiary/aromatic N) is 2. The highest BCUT2D eigenvalue weighted by Gasteiger charge is 2.21. The van der Waals surface area contributed by atoms with Crippen LogP contribution in [0.15, 0.2) is 51.9 Å². The fraction of sp³-hybridized carbons (Fsp3) is 0.300. The summed E-state index contributed by atoms with van der Waals surface area (Å²) >= 11 is 0. The normalized spacial score (nSPS) is 11.9. The molecule has 28 heavy (non-hydrogen) atoms. The van der Waals surface area contributed by atoms with Gasteiger partial charge in [-0.1, -0.05) is 30.6 Å². The van der Waals surface area contributed by atoms with Crippen molar-refractivity contribution in [1.29, 1.82) is 0 Å². The van der Waals surface area contributed by atoms with E-state index in [1.807, 2.05) is 25.1 Å². The highest BCUT2D eigenvalue weighted by Crippen LogP contribution is 2.21. The van der Waals surface area contributed by atoms with E-state index in [1.165, 1.54) is 16.4 Å². The number of amides is 1. The van der Waals surface area contributed by atoms with Crippen LogP contribution >= 0.6 is 0 Å². The van der Waals surface area contributed by atoms with E-state index in [9.17, 15) is 13.2 Å². The molecule has 0 atom stereocenters. The number of hydrogen-bond acceptors (Lipinski definition) is 5. The van der Waals surface area contributed by atoms with Crippen LogP contribution in [0.4, 0.5) is 5.69 Å². The van der Waals surface area contributed by atoms with E-state index in [4.69, 9.17) is 4.52 Å². The van der Waals surface area contributed by atoms with Crippen molar-refractivity contribution in [2.75, 3.05) is 18.4 Å². The van der Waals surface area contributed by atoms with Crippen molar-refractivity contribution in [3.05, 3.63) is 53.7 Å². The van der Waals surface area contributed by atoms with Gasteiger partial charge in [-0.05, 0) is 43.3 Å². The molecule has 1 aromatic heterocycles. The molecule has 0 unspecified atom stereocenters. The third-order valence-corrected chi connectivity index (χ3v) is 6.57. The fourth-order valence-corrected chi connectivity index (χ4v) is 4.47. The third kappa shape index (κ3) is 4.07. The molecule has 7 nitrogen and oxygen atoms in total. The molecule has 0 saturated heterocycles. The van der Waals surface area contributed by atoms with Gasteiger partial charge in [-0.3, -0.25) is 4.79 Å². The van der Waals surface area contributed by atoms with E-state index in [0.29, 0.717) is 30.1 Å². The molecule has 0 aliphatic carbocycles. The van der Waals surface area contributed by atoms with Gasteiger partial charge in [-0.2, -0.15) is 4.31 Å². The summed E-state index contributed by atoms with van der Waals surface area (Å²) < 4.78 is 31.7. The molecule has 0 radical (unpaired) electrons. The van der Waals surface area contributed by atoms with Gasteiger partial charge >= 0.3 is 0 Å². The van der Waals surface area contributed by atoms with Gasteiger partial charge in [0, 0.05) is 24.2 Å². The number of aromatic nitrogens is 1. The first-order valence-corrected chi connectivity index (χ1v) is 10.5. The number of fused-ring (bicyclic) bond motifs is 1. The highest BCUT2D eigenvalue weighted by molar-refractivity contribution is 7.89. The number of nitrogens with one attached hydrogen (secondary N) is 1. The zero-order valence-corrected chi connectivity index (χ0v) is 16.9. The Kier molecular flexibility index (Phi) is 5.81. The van der Waals surface area contributed by atoms with Crippen molar-refractivity contribution in [2.24, 2.45) is 0 Å². The Morgan fingerprint density at radius 1 is 1.11 bits per heavy atom. The molecule has 0 bridgehead atoms. The maximum absolute atomic E-state index is 12.5. The monoisotopic (exact) mass is 401 g/mol. The number of sulfonamides is 1. The third-order valence-electron chi connectivity index (χ3n) is 4.51. The second-order valence-electron chi connectivity index (χ2n) is 6.47. The van der Waals surface area contributed by atoms with Crippen LogP contribution in [-0.4, -0.2) is 36.9 Å². The lowest BCUT2D eigenvalue weighted by Gasteiger charge is -2.18. The van der Waals surface area contributed by atoms with Gasteiger partial charge in [0.2, 0.25) is 15.9 Å². The van der Waals surface area contributed by atoms with Gasteiger partial charge in [0.25, 0.3) is 0 Å². The predicted octanol–water partition coefficient (Wildman–Crippen LogP) is 3.35. The minimum atomic E-state index is -3.52. The molecule has 1 N–H and O–H groups in total. The molecule has 0 aliphatic heterocycles. The SMILES string of the molecule is CCN(CC)S(=O)(=O)c1ccc(NC(=O)Cc2noc3ccc(C)cc23)cc1. The number of hydrogen-bond donors (Lipinski definition) is 1. The van der Waals surface area contributed by atoms with Crippen molar-refractivity contribution >= 4 is 32.6 Å². The summed E-state index contributed by atoms with van der Waals surface area (Å²) in [6.07, 6.45) is 0.0654. The van der Waals surface area contributed by atoms with Crippen molar-refractivity contribution < 1.29 is 17.7 Å². The summed E-state index contributed by atoms with van der Waals surface area (Å²) in [7, 11) is -3.52. The number of carbonyl (C=O) groups excluding carboxylic acids is 1. The Morgan fingerprint density at radius 2 is 1.79 bits per heavy atom. The van der Waals surface area contributed by atoms with Crippen molar-refractivity contribution in [3.8, 4) is 0 Å². The summed E-state index contributed by atoms with van der Waals surface area (Å²) in [6, 6.07) is 11.8. The Hall–Kier alpha value is -2.71. The van der Waals surface area contributed by atoms with E-state index in [0.717, 1.165) is 10.9 Å². The van der Waals surface area contributed by atoms with Crippen LogP contribution in [0.25, 0.3) is 11.0 Å². The molecule has 0 fully saturated rings. The van der Waals surface area contributed by atoms with Crippen LogP contribution < -0.4 is 5.32 Å². The molecule has 0 aliphatic rings. The Labute approximate surface area is 164 Å². The quantitative estimate of drug-likeness (QED) is 0.655. The van der Waals surface area contributed by atoms with E-state index in [-0.39, 0.29) is 17.2 Å². The second kappa shape index (κ2) is 8.12. The summed E-state index contributed by atoms with van der Waals surface area (Å²) in [5.41, 5.74) is 2.78. The van der Waals surface area contributed by atoms with Gasteiger partial charge in [-0.25, -0.2) is 8.42 Å². The molecule has 148 valence electrons. The van der Waals surface area contributed by atoms with Gasteiger partial charge < -0.3 is 9.84 Å². The lowest BCUT2D eigenvalue weighted by molar-refractivity contribution is -0.115. The maximum Gasteiger partial charge on any atom is 0.243 e. The van der Waals surface area contributed by atoms with Gasteiger partial charge in [0.15, 0.2) is 5.58 Å². The molecule has 1 heterocycles. The lowest BCUT2D eigenvalue weighted by atomic mass is 10.1. The number of benzene rings is 2. The van der Waals surface area contributed by atoms with E-state index in [2.05, 4.69) is 10.5 Å². The van der Waals surface area contributed by atoms with Gasteiger partial charge in [0.05, 0.1) is 11.3 Å². The lowest BCUT2D eigenvalue weighted by Crippen LogP contribution is -2.30. The molecule has 0 spiro atoms. The van der Waals surface area contributed by atoms with Crippen LogP contribution in [0, 0.1) is 6.92 Å². The summed E-state index contributed by atoms with van der Waals surface area (Å²) in [5, 5.41) is 7.56. The molecule has 8 heteroatoms. The molecular weight excluding hydrogens is 378 g/mol. The fourth-order valence-electron chi connectivity index (χ4n) is 3.01. The average molecular weight is 401 g/mol. The van der Waals surface area contributed by atoms with Crippen LogP contribution in [0.5, 0.6) is 0 Å². The second-order valence-corrected chi connectivity index (χ2v) is 8.41. The molecule has 3 rings (SSSR count). The summed E-state index contributed by atoms with van der Waals surface area (Å²) in [5.74, 6) is -0.254. The Bertz CT molecular complexity index is 1080. The zero-order chi connectivity index (χ0) is 20.3. The van der Waals surface area contributed by atoms with E-state index < -0.39 is 10.0 Å².